The van der Waals surface area contributed by atoms with Crippen molar-refractivity contribution in [1.29, 1.82) is 0 Å². The largest absolute Gasteiger partial charge is 0.481 e. The minimum Gasteiger partial charge on any atom is -0.481 e. The number of benzene rings is 2. The molecule has 0 amide bonds. The molecule has 1 unspecified atom stereocenters. The number of nitrogens with one attached hydrogen (secondary N) is 1. The summed E-state index contributed by atoms with van der Waals surface area (Å²) in [6.07, 6.45) is 3.15. The maximum Gasteiger partial charge on any atom is 0.354 e. The number of nitrogens with zero attached hydrogens (tertiary/aromatic N) is 3. The Kier molecular flexibility index (Phi) is 6.14. The monoisotopic (exact) mass is 454 g/mol. The van der Waals surface area contributed by atoms with E-state index in [9.17, 15) is 19.5 Å². The lowest BCUT2D eigenvalue weighted by atomic mass is 10.1. The predicted octanol–water partition coefficient (Wildman–Crippen LogP) is 3.06. The van der Waals surface area contributed by atoms with Crippen LogP contribution in [0.25, 0.3) is 0 Å². The molecule has 4 rings (SSSR count). The van der Waals surface area contributed by atoms with Gasteiger partial charge in [0.2, 0.25) is 5.95 Å². The van der Waals surface area contributed by atoms with E-state index in [1.807, 2.05) is 18.2 Å². The maximum absolute atomic E-state index is 13.2. The Morgan fingerprint density at radius 3 is 2.56 bits per heavy atom. The second kappa shape index (κ2) is 9.00. The highest BCUT2D eigenvalue weighted by Gasteiger charge is 2.19. The highest BCUT2D eigenvalue weighted by molar-refractivity contribution is 6.30. The van der Waals surface area contributed by atoms with Crippen molar-refractivity contribution in [2.75, 3.05) is 5.32 Å². The number of hydrogen-bond donors (Lipinski definition) is 2. The fourth-order valence-electron chi connectivity index (χ4n) is 3.83. The Bertz CT molecular complexity index is 1280. The summed E-state index contributed by atoms with van der Waals surface area (Å²) in [5, 5.41) is 12.9. The van der Waals surface area contributed by atoms with Crippen molar-refractivity contribution in [2.45, 2.75) is 39.3 Å². The van der Waals surface area contributed by atoms with Crippen molar-refractivity contribution in [3.8, 4) is 0 Å². The van der Waals surface area contributed by atoms with Crippen LogP contribution >= 0.6 is 11.6 Å². The zero-order valence-electron chi connectivity index (χ0n) is 17.5. The van der Waals surface area contributed by atoms with E-state index >= 15 is 0 Å². The molecule has 1 aliphatic carbocycles. The molecule has 1 heterocycles. The van der Waals surface area contributed by atoms with Crippen molar-refractivity contribution in [3.05, 3.63) is 85.1 Å². The molecule has 0 bridgehead atoms. The fraction of sp³-hybridized carbons (Fsp3) is 0.304. The van der Waals surface area contributed by atoms with E-state index in [1.165, 1.54) is 22.6 Å². The van der Waals surface area contributed by atoms with Gasteiger partial charge in [-0.15, -0.1) is 0 Å². The molecule has 8 nitrogen and oxygen atoms in total. The fourth-order valence-corrected chi connectivity index (χ4v) is 3.95. The summed E-state index contributed by atoms with van der Waals surface area (Å²) in [6, 6.07) is 13.0. The van der Waals surface area contributed by atoms with Crippen LogP contribution < -0.4 is 16.7 Å². The van der Waals surface area contributed by atoms with E-state index in [0.717, 1.165) is 35.1 Å². The molecule has 2 aromatic carbocycles. The molecule has 3 aromatic rings. The zero-order valence-corrected chi connectivity index (χ0v) is 18.3. The number of carboxylic acids is 1. The second-order valence-electron chi connectivity index (χ2n) is 8.03. The smallest absolute Gasteiger partial charge is 0.354 e. The van der Waals surface area contributed by atoms with Gasteiger partial charge in [-0.3, -0.25) is 9.36 Å². The van der Waals surface area contributed by atoms with Crippen LogP contribution in [0.15, 0.2) is 52.1 Å². The Hall–Kier alpha value is -3.39. The number of carboxylic acid groups (broad SMARTS) is 1. The molecule has 0 aliphatic heterocycles. The normalized spacial score (nSPS) is 13.6. The number of aromatic nitrogens is 3. The van der Waals surface area contributed by atoms with Crippen LogP contribution in [-0.2, 0) is 30.7 Å². The van der Waals surface area contributed by atoms with Gasteiger partial charge in [-0.1, -0.05) is 36.7 Å². The summed E-state index contributed by atoms with van der Waals surface area (Å²) < 4.78 is 2.20. The van der Waals surface area contributed by atoms with Gasteiger partial charge in [0.1, 0.15) is 0 Å². The van der Waals surface area contributed by atoms with E-state index in [2.05, 4.69) is 10.3 Å². The van der Waals surface area contributed by atoms with Crippen LogP contribution in [0.1, 0.15) is 30.0 Å². The summed E-state index contributed by atoms with van der Waals surface area (Å²) in [6.45, 7) is 1.31. The Labute approximate surface area is 189 Å². The molecule has 1 atom stereocenters. The second-order valence-corrected chi connectivity index (χ2v) is 8.46. The first-order chi connectivity index (χ1) is 15.3. The van der Waals surface area contributed by atoms with Gasteiger partial charge >= 0.3 is 17.3 Å². The van der Waals surface area contributed by atoms with Crippen LogP contribution in [-0.4, -0.2) is 25.2 Å². The Balaban J connectivity index is 1.76. The molecule has 1 aliphatic rings. The van der Waals surface area contributed by atoms with E-state index in [4.69, 9.17) is 11.6 Å². The topological polar surface area (TPSA) is 106 Å². The molecule has 166 valence electrons. The quantitative estimate of drug-likeness (QED) is 0.568. The van der Waals surface area contributed by atoms with Gasteiger partial charge in [0, 0.05) is 17.3 Å². The minimum atomic E-state index is -1.10. The molecular weight excluding hydrogens is 432 g/mol. The third-order valence-electron chi connectivity index (χ3n) is 5.64. The van der Waals surface area contributed by atoms with E-state index < -0.39 is 23.3 Å². The molecule has 2 N–H and O–H groups in total. The van der Waals surface area contributed by atoms with Crippen molar-refractivity contribution in [2.24, 2.45) is 5.92 Å². The standard InChI is InChI=1S/C23H23ClN4O4/c1-14(20(29)30)12-28-22(31)26-21(25-19-10-7-16-3-2-4-17(16)11-19)27(23(28)32)13-15-5-8-18(24)9-6-15/h5-11,14H,2-4,12-13H2,1H3,(H,29,30)(H,25,26,31). The third kappa shape index (κ3) is 4.60. The van der Waals surface area contributed by atoms with Gasteiger partial charge in [0.15, 0.2) is 0 Å². The van der Waals surface area contributed by atoms with E-state index in [1.54, 1.807) is 24.3 Å². The van der Waals surface area contributed by atoms with Gasteiger partial charge < -0.3 is 10.4 Å². The average molecular weight is 455 g/mol. The molecule has 32 heavy (non-hydrogen) atoms. The number of rotatable bonds is 7. The number of anilines is 2. The van der Waals surface area contributed by atoms with E-state index in [0.29, 0.717) is 5.02 Å². The van der Waals surface area contributed by atoms with Crippen LogP contribution in [0.3, 0.4) is 0 Å². The van der Waals surface area contributed by atoms with Gasteiger partial charge in [-0.05, 0) is 60.2 Å². The van der Waals surface area contributed by atoms with Gasteiger partial charge in [0.25, 0.3) is 0 Å². The highest BCUT2D eigenvalue weighted by Crippen LogP contribution is 2.26. The van der Waals surface area contributed by atoms with Crippen LogP contribution in [0.4, 0.5) is 11.6 Å². The molecule has 0 fully saturated rings. The summed E-state index contributed by atoms with van der Waals surface area (Å²) in [5.74, 6) is -1.91. The molecule has 1 aromatic heterocycles. The summed E-state index contributed by atoms with van der Waals surface area (Å²) in [5.41, 5.74) is 2.64. The molecule has 0 spiro atoms. The molecular formula is C23H23ClN4O4. The summed E-state index contributed by atoms with van der Waals surface area (Å²) >= 11 is 5.97. The first kappa shape index (κ1) is 21.8. The van der Waals surface area contributed by atoms with Gasteiger partial charge in [-0.2, -0.15) is 4.98 Å². The molecule has 0 radical (unpaired) electrons. The predicted molar refractivity (Wildman–Crippen MR) is 122 cm³/mol. The SMILES string of the molecule is CC(Cn1c(=O)nc(Nc2ccc3c(c2)CCC3)n(Cc2ccc(Cl)cc2)c1=O)C(=O)O. The number of aryl methyl sites for hydroxylation is 2. The lowest BCUT2D eigenvalue weighted by Crippen LogP contribution is -2.44. The van der Waals surface area contributed by atoms with Crippen LogP contribution in [0.2, 0.25) is 5.02 Å². The average Bonchev–Trinajstić information content (AvgIpc) is 3.23. The number of carbonyl (C=O) groups is 1. The Morgan fingerprint density at radius 2 is 1.84 bits per heavy atom. The van der Waals surface area contributed by atoms with Crippen LogP contribution in [0.5, 0.6) is 0 Å². The molecule has 0 saturated heterocycles. The van der Waals surface area contributed by atoms with Gasteiger partial charge in [0.05, 0.1) is 12.5 Å². The molecule has 0 saturated carbocycles. The van der Waals surface area contributed by atoms with Crippen molar-refractivity contribution >= 4 is 29.2 Å². The minimum absolute atomic E-state index is 0.104. The number of aliphatic carboxylic acids is 1. The first-order valence-electron chi connectivity index (χ1n) is 10.4. The first-order valence-corrected chi connectivity index (χ1v) is 10.8. The van der Waals surface area contributed by atoms with Gasteiger partial charge in [-0.25, -0.2) is 14.2 Å². The van der Waals surface area contributed by atoms with E-state index in [-0.39, 0.29) is 19.0 Å². The highest BCUT2D eigenvalue weighted by atomic mass is 35.5. The third-order valence-corrected chi connectivity index (χ3v) is 5.89. The summed E-state index contributed by atoms with van der Waals surface area (Å²) in [4.78, 5) is 41.2. The number of halogens is 1. The Morgan fingerprint density at radius 1 is 1.12 bits per heavy atom. The number of hydrogen-bond acceptors (Lipinski definition) is 5. The maximum atomic E-state index is 13.2. The lowest BCUT2D eigenvalue weighted by molar-refractivity contribution is -0.141. The zero-order chi connectivity index (χ0) is 22.8. The van der Waals surface area contributed by atoms with Crippen molar-refractivity contribution in [3.63, 3.8) is 0 Å². The summed E-state index contributed by atoms with van der Waals surface area (Å²) in [7, 11) is 0. The molecule has 9 heteroatoms. The van der Waals surface area contributed by atoms with Crippen LogP contribution in [0, 0.1) is 5.92 Å². The lowest BCUT2D eigenvalue weighted by Gasteiger charge is -2.17. The van der Waals surface area contributed by atoms with Crippen molar-refractivity contribution in [1.82, 2.24) is 14.1 Å². The number of fused-ring (bicyclic) bond motifs is 1. The van der Waals surface area contributed by atoms with Crippen molar-refractivity contribution < 1.29 is 9.90 Å².